The summed E-state index contributed by atoms with van der Waals surface area (Å²) in [6.07, 6.45) is 0. The molecule has 0 fully saturated rings. The average molecular weight is 254 g/mol. The molecule has 3 aromatic rings. The van der Waals surface area contributed by atoms with Gasteiger partial charge in [-0.3, -0.25) is 0 Å². The number of oxazole rings is 1. The molecule has 0 atom stereocenters. The summed E-state index contributed by atoms with van der Waals surface area (Å²) in [6, 6.07) is 11.2. The molecule has 3 rings (SSSR count). The van der Waals surface area contributed by atoms with Gasteiger partial charge in [0, 0.05) is 11.3 Å². The van der Waals surface area contributed by atoms with Gasteiger partial charge >= 0.3 is 0 Å². The largest absolute Gasteiger partial charge is 0.436 e. The Labute approximate surface area is 110 Å². The van der Waals surface area contributed by atoms with Crippen LogP contribution in [0.3, 0.4) is 0 Å². The normalized spacial score (nSPS) is 11.1. The van der Waals surface area contributed by atoms with Gasteiger partial charge in [0.1, 0.15) is 5.52 Å². The average Bonchev–Trinajstić information content (AvgIpc) is 2.84. The van der Waals surface area contributed by atoms with Gasteiger partial charge in [0.2, 0.25) is 5.89 Å². The van der Waals surface area contributed by atoms with Gasteiger partial charge in [-0.15, -0.1) is 0 Å². The minimum Gasteiger partial charge on any atom is -0.436 e. The first kappa shape index (κ1) is 11.7. The van der Waals surface area contributed by atoms with Crippen LogP contribution in [0, 0.1) is 6.92 Å². The Balaban J connectivity index is 2.11. The molecule has 96 valence electrons. The fraction of sp³-hybridized carbons (Fsp3) is 0.133. The molecule has 0 amide bonds. The molecule has 0 saturated heterocycles. The van der Waals surface area contributed by atoms with Crippen LogP contribution in [0.5, 0.6) is 0 Å². The van der Waals surface area contributed by atoms with Crippen molar-refractivity contribution in [1.29, 1.82) is 0 Å². The zero-order valence-corrected chi connectivity index (χ0v) is 10.6. The maximum Gasteiger partial charge on any atom is 0.227 e. The number of aliphatic hydroxyl groups excluding tert-OH is 1. The third-order valence-electron chi connectivity index (χ3n) is 3.16. The number of aryl methyl sites for hydroxylation is 1. The molecule has 0 aliphatic heterocycles. The number of nitrogens with zero attached hydrogens (tertiary/aromatic N) is 1. The van der Waals surface area contributed by atoms with Gasteiger partial charge in [0.15, 0.2) is 5.58 Å². The van der Waals surface area contributed by atoms with E-state index in [-0.39, 0.29) is 6.61 Å². The number of benzene rings is 2. The van der Waals surface area contributed by atoms with Crippen molar-refractivity contribution < 1.29 is 9.52 Å². The Morgan fingerprint density at radius 1 is 1.21 bits per heavy atom. The molecule has 1 aromatic heterocycles. The highest BCUT2D eigenvalue weighted by atomic mass is 16.3. The first-order valence-electron chi connectivity index (χ1n) is 6.04. The first-order valence-corrected chi connectivity index (χ1v) is 6.04. The van der Waals surface area contributed by atoms with Gasteiger partial charge in [0.25, 0.3) is 0 Å². The predicted molar refractivity (Wildman–Crippen MR) is 74.5 cm³/mol. The van der Waals surface area contributed by atoms with Crippen LogP contribution in [0.4, 0.5) is 5.69 Å². The van der Waals surface area contributed by atoms with Crippen LogP contribution in [-0.2, 0) is 6.61 Å². The van der Waals surface area contributed by atoms with Crippen LogP contribution >= 0.6 is 0 Å². The number of anilines is 1. The molecule has 1 heterocycles. The highest BCUT2D eigenvalue weighted by Gasteiger charge is 2.09. The smallest absolute Gasteiger partial charge is 0.227 e. The highest BCUT2D eigenvalue weighted by Crippen LogP contribution is 2.27. The monoisotopic (exact) mass is 254 g/mol. The van der Waals surface area contributed by atoms with Gasteiger partial charge in [0.05, 0.1) is 6.61 Å². The molecular formula is C15H14N2O2. The van der Waals surface area contributed by atoms with E-state index in [2.05, 4.69) is 4.98 Å². The molecule has 0 bridgehead atoms. The Morgan fingerprint density at radius 3 is 2.79 bits per heavy atom. The van der Waals surface area contributed by atoms with Crippen LogP contribution in [0.1, 0.15) is 11.1 Å². The molecule has 0 spiro atoms. The van der Waals surface area contributed by atoms with Gasteiger partial charge in [-0.25, -0.2) is 4.98 Å². The van der Waals surface area contributed by atoms with Crippen molar-refractivity contribution in [3.63, 3.8) is 0 Å². The fourth-order valence-corrected chi connectivity index (χ4v) is 1.97. The van der Waals surface area contributed by atoms with Crippen LogP contribution in [-0.4, -0.2) is 10.1 Å². The van der Waals surface area contributed by atoms with Gasteiger partial charge in [-0.2, -0.15) is 0 Å². The molecule has 0 unspecified atom stereocenters. The van der Waals surface area contributed by atoms with Crippen LogP contribution in [0.2, 0.25) is 0 Å². The van der Waals surface area contributed by atoms with E-state index in [4.69, 9.17) is 15.3 Å². The molecule has 0 saturated carbocycles. The van der Waals surface area contributed by atoms with Crippen molar-refractivity contribution in [3.8, 4) is 11.5 Å². The summed E-state index contributed by atoms with van der Waals surface area (Å²) in [7, 11) is 0. The number of hydrogen-bond donors (Lipinski definition) is 2. The van der Waals surface area contributed by atoms with Crippen molar-refractivity contribution in [2.24, 2.45) is 0 Å². The quantitative estimate of drug-likeness (QED) is 0.690. The summed E-state index contributed by atoms with van der Waals surface area (Å²) in [6.45, 7) is 1.95. The molecule has 0 aliphatic rings. The number of hydrogen-bond acceptors (Lipinski definition) is 4. The number of fused-ring (bicyclic) bond motifs is 1. The summed E-state index contributed by atoms with van der Waals surface area (Å²) < 4.78 is 5.70. The lowest BCUT2D eigenvalue weighted by Gasteiger charge is -2.00. The Bertz CT molecular complexity index is 747. The Hall–Kier alpha value is -2.33. The van der Waals surface area contributed by atoms with Crippen molar-refractivity contribution in [2.75, 3.05) is 5.73 Å². The van der Waals surface area contributed by atoms with Crippen molar-refractivity contribution in [2.45, 2.75) is 13.5 Å². The van der Waals surface area contributed by atoms with E-state index in [1.807, 2.05) is 43.3 Å². The summed E-state index contributed by atoms with van der Waals surface area (Å²) in [5.74, 6) is 0.539. The standard InChI is InChI=1S/C15H14N2O2/c1-9-2-4-11(7-12(9)16)15-17-13-6-10(8-18)3-5-14(13)19-15/h2-7,18H,8,16H2,1H3. The number of aliphatic hydroxyl groups is 1. The molecule has 19 heavy (non-hydrogen) atoms. The molecule has 4 heteroatoms. The van der Waals surface area contributed by atoms with Crippen molar-refractivity contribution in [3.05, 3.63) is 47.5 Å². The summed E-state index contributed by atoms with van der Waals surface area (Å²) in [5.41, 5.74) is 10.7. The lowest BCUT2D eigenvalue weighted by atomic mass is 10.1. The Morgan fingerprint density at radius 2 is 2.05 bits per heavy atom. The van der Waals surface area contributed by atoms with E-state index in [1.54, 1.807) is 0 Å². The predicted octanol–water partition coefficient (Wildman–Crippen LogP) is 2.88. The van der Waals surface area contributed by atoms with E-state index >= 15 is 0 Å². The second kappa shape index (κ2) is 4.40. The van der Waals surface area contributed by atoms with Crippen molar-refractivity contribution >= 4 is 16.8 Å². The molecule has 2 aromatic carbocycles. The second-order valence-electron chi connectivity index (χ2n) is 4.55. The SMILES string of the molecule is Cc1ccc(-c2nc3cc(CO)ccc3o2)cc1N. The number of aromatic nitrogens is 1. The molecule has 0 aliphatic carbocycles. The number of rotatable bonds is 2. The topological polar surface area (TPSA) is 72.3 Å². The lowest BCUT2D eigenvalue weighted by Crippen LogP contribution is -1.89. The minimum atomic E-state index is -0.00435. The van der Waals surface area contributed by atoms with Gasteiger partial charge < -0.3 is 15.3 Å². The first-order chi connectivity index (χ1) is 9.17. The van der Waals surface area contributed by atoms with Crippen LogP contribution < -0.4 is 5.73 Å². The minimum absolute atomic E-state index is 0.00435. The second-order valence-corrected chi connectivity index (χ2v) is 4.55. The summed E-state index contributed by atoms with van der Waals surface area (Å²) in [5, 5.41) is 9.11. The van der Waals surface area contributed by atoms with Crippen LogP contribution in [0.25, 0.3) is 22.6 Å². The lowest BCUT2D eigenvalue weighted by molar-refractivity contribution is 0.282. The van der Waals surface area contributed by atoms with E-state index in [1.165, 1.54) is 0 Å². The highest BCUT2D eigenvalue weighted by molar-refractivity contribution is 5.77. The maximum absolute atomic E-state index is 9.11. The van der Waals surface area contributed by atoms with Gasteiger partial charge in [-0.1, -0.05) is 12.1 Å². The number of nitrogens with two attached hydrogens (primary N) is 1. The third-order valence-corrected chi connectivity index (χ3v) is 3.16. The van der Waals surface area contributed by atoms with E-state index in [9.17, 15) is 0 Å². The third kappa shape index (κ3) is 2.06. The number of nitrogen functional groups attached to an aromatic ring is 1. The fourth-order valence-electron chi connectivity index (χ4n) is 1.97. The molecule has 0 radical (unpaired) electrons. The molecule has 3 N–H and O–H groups in total. The van der Waals surface area contributed by atoms with Crippen LogP contribution in [0.15, 0.2) is 40.8 Å². The van der Waals surface area contributed by atoms with Gasteiger partial charge in [-0.05, 0) is 42.3 Å². The summed E-state index contributed by atoms with van der Waals surface area (Å²) in [4.78, 5) is 4.43. The Kier molecular flexibility index (Phi) is 2.72. The maximum atomic E-state index is 9.11. The molecular weight excluding hydrogens is 240 g/mol. The van der Waals surface area contributed by atoms with E-state index in [0.717, 1.165) is 27.9 Å². The molecule has 4 nitrogen and oxygen atoms in total. The van der Waals surface area contributed by atoms with E-state index < -0.39 is 0 Å². The zero-order chi connectivity index (χ0) is 13.4. The van der Waals surface area contributed by atoms with E-state index in [0.29, 0.717) is 11.5 Å². The van der Waals surface area contributed by atoms with Crippen molar-refractivity contribution in [1.82, 2.24) is 4.98 Å². The summed E-state index contributed by atoms with van der Waals surface area (Å²) >= 11 is 0. The zero-order valence-electron chi connectivity index (χ0n) is 10.6.